The van der Waals surface area contributed by atoms with Crippen LogP contribution in [0.5, 0.6) is 5.75 Å². The molecule has 18 heavy (non-hydrogen) atoms. The standard InChI is InChI=1S/C14H18FNO2/c1-10-9-11(10)14(17)16(2)7-8-18-13-6-4-3-5-12(13)15/h3-6,10-11H,7-9H2,1-2H3/t10-,11+/m0/s1. The third-order valence-corrected chi connectivity index (χ3v) is 3.32. The van der Waals surface area contributed by atoms with Crippen molar-refractivity contribution in [2.45, 2.75) is 13.3 Å². The Labute approximate surface area is 107 Å². The highest BCUT2D eigenvalue weighted by molar-refractivity contribution is 5.81. The van der Waals surface area contributed by atoms with Gasteiger partial charge < -0.3 is 9.64 Å². The van der Waals surface area contributed by atoms with Crippen molar-refractivity contribution in [2.75, 3.05) is 20.2 Å². The van der Waals surface area contributed by atoms with Gasteiger partial charge in [0.15, 0.2) is 11.6 Å². The van der Waals surface area contributed by atoms with Crippen molar-refractivity contribution in [3.63, 3.8) is 0 Å². The first-order valence-corrected chi connectivity index (χ1v) is 6.22. The molecular formula is C14H18FNO2. The Morgan fingerprint density at radius 2 is 2.17 bits per heavy atom. The molecule has 2 rings (SSSR count). The monoisotopic (exact) mass is 251 g/mol. The van der Waals surface area contributed by atoms with E-state index in [9.17, 15) is 9.18 Å². The first kappa shape index (κ1) is 12.9. The summed E-state index contributed by atoms with van der Waals surface area (Å²) < 4.78 is 18.6. The lowest BCUT2D eigenvalue weighted by molar-refractivity contribution is -0.131. The molecule has 2 atom stereocenters. The first-order chi connectivity index (χ1) is 8.59. The van der Waals surface area contributed by atoms with E-state index < -0.39 is 0 Å². The van der Waals surface area contributed by atoms with Crippen LogP contribution in [-0.4, -0.2) is 31.0 Å². The number of benzene rings is 1. The van der Waals surface area contributed by atoms with E-state index in [1.807, 2.05) is 0 Å². The van der Waals surface area contributed by atoms with Gasteiger partial charge in [-0.25, -0.2) is 4.39 Å². The van der Waals surface area contributed by atoms with Crippen molar-refractivity contribution in [1.82, 2.24) is 4.90 Å². The zero-order valence-electron chi connectivity index (χ0n) is 10.7. The number of halogens is 1. The Bertz CT molecular complexity index is 436. The minimum atomic E-state index is -0.373. The summed E-state index contributed by atoms with van der Waals surface area (Å²) in [6, 6.07) is 6.28. The van der Waals surface area contributed by atoms with E-state index in [1.165, 1.54) is 6.07 Å². The Hall–Kier alpha value is -1.58. The lowest BCUT2D eigenvalue weighted by Gasteiger charge is -2.17. The average Bonchev–Trinajstić information content (AvgIpc) is 3.08. The molecule has 98 valence electrons. The third-order valence-electron chi connectivity index (χ3n) is 3.32. The number of amides is 1. The highest BCUT2D eigenvalue weighted by Gasteiger charge is 2.40. The Morgan fingerprint density at radius 3 is 2.78 bits per heavy atom. The van der Waals surface area contributed by atoms with Crippen LogP contribution in [0.3, 0.4) is 0 Å². The van der Waals surface area contributed by atoms with Crippen LogP contribution in [-0.2, 0) is 4.79 Å². The summed E-state index contributed by atoms with van der Waals surface area (Å²) in [7, 11) is 1.76. The minimum absolute atomic E-state index is 0.166. The van der Waals surface area contributed by atoms with Crippen LogP contribution in [0.15, 0.2) is 24.3 Å². The van der Waals surface area contributed by atoms with Crippen molar-refractivity contribution >= 4 is 5.91 Å². The summed E-state index contributed by atoms with van der Waals surface area (Å²) in [4.78, 5) is 13.5. The zero-order chi connectivity index (χ0) is 13.1. The van der Waals surface area contributed by atoms with Gasteiger partial charge in [-0.15, -0.1) is 0 Å². The minimum Gasteiger partial charge on any atom is -0.489 e. The summed E-state index contributed by atoms with van der Waals surface area (Å²) in [5.41, 5.74) is 0. The van der Waals surface area contributed by atoms with Crippen molar-refractivity contribution in [2.24, 2.45) is 11.8 Å². The molecule has 0 radical (unpaired) electrons. The number of carbonyl (C=O) groups is 1. The van der Waals surface area contributed by atoms with Crippen LogP contribution in [0.25, 0.3) is 0 Å². The van der Waals surface area contributed by atoms with Gasteiger partial charge in [0.25, 0.3) is 0 Å². The summed E-state index contributed by atoms with van der Waals surface area (Å²) in [6.07, 6.45) is 0.983. The molecular weight excluding hydrogens is 233 g/mol. The van der Waals surface area contributed by atoms with Gasteiger partial charge in [-0.05, 0) is 24.5 Å². The van der Waals surface area contributed by atoms with Crippen LogP contribution in [0, 0.1) is 17.7 Å². The van der Waals surface area contributed by atoms with Gasteiger partial charge in [0, 0.05) is 13.0 Å². The molecule has 1 saturated carbocycles. The summed E-state index contributed by atoms with van der Waals surface area (Å²) in [5, 5.41) is 0. The van der Waals surface area contributed by atoms with Gasteiger partial charge in [0.2, 0.25) is 5.91 Å². The normalized spacial score (nSPS) is 21.5. The maximum absolute atomic E-state index is 13.3. The van der Waals surface area contributed by atoms with Crippen molar-refractivity contribution < 1.29 is 13.9 Å². The van der Waals surface area contributed by atoms with Gasteiger partial charge in [-0.3, -0.25) is 4.79 Å². The maximum atomic E-state index is 13.3. The molecule has 1 aromatic rings. The molecule has 4 heteroatoms. The van der Waals surface area contributed by atoms with Crippen molar-refractivity contribution in [3.8, 4) is 5.75 Å². The third kappa shape index (κ3) is 3.00. The molecule has 1 aromatic carbocycles. The lowest BCUT2D eigenvalue weighted by atomic mass is 10.3. The number of carbonyl (C=O) groups excluding carboxylic acids is 1. The predicted octanol–water partition coefficient (Wildman–Crippen LogP) is 2.32. The second-order valence-corrected chi connectivity index (χ2v) is 4.86. The molecule has 1 amide bonds. The summed E-state index contributed by atoms with van der Waals surface area (Å²) in [6.45, 7) is 2.87. The molecule has 0 unspecified atom stereocenters. The second kappa shape index (κ2) is 5.38. The number of nitrogens with zero attached hydrogens (tertiary/aromatic N) is 1. The number of para-hydroxylation sites is 1. The SMILES string of the molecule is C[C@H]1C[C@H]1C(=O)N(C)CCOc1ccccc1F. The van der Waals surface area contributed by atoms with Crippen LogP contribution in [0.2, 0.25) is 0 Å². The van der Waals surface area contributed by atoms with Crippen molar-refractivity contribution in [3.05, 3.63) is 30.1 Å². The topological polar surface area (TPSA) is 29.5 Å². The highest BCUT2D eigenvalue weighted by Crippen LogP contribution is 2.38. The summed E-state index contributed by atoms with van der Waals surface area (Å²) in [5.74, 6) is 0.718. The zero-order valence-corrected chi connectivity index (χ0v) is 10.7. The van der Waals surface area contributed by atoms with Crippen LogP contribution in [0.1, 0.15) is 13.3 Å². The molecule has 3 nitrogen and oxygen atoms in total. The van der Waals surface area contributed by atoms with Gasteiger partial charge >= 0.3 is 0 Å². The molecule has 1 fully saturated rings. The molecule has 0 saturated heterocycles. The molecule has 0 N–H and O–H groups in total. The lowest BCUT2D eigenvalue weighted by Crippen LogP contribution is -2.32. The largest absolute Gasteiger partial charge is 0.489 e. The van der Waals surface area contributed by atoms with Crippen molar-refractivity contribution in [1.29, 1.82) is 0 Å². The van der Waals surface area contributed by atoms with Crippen LogP contribution in [0.4, 0.5) is 4.39 Å². The highest BCUT2D eigenvalue weighted by atomic mass is 19.1. The molecule has 1 aliphatic rings. The van der Waals surface area contributed by atoms with Crippen LogP contribution < -0.4 is 4.74 Å². The molecule has 0 spiro atoms. The van der Waals surface area contributed by atoms with Gasteiger partial charge in [0.1, 0.15) is 6.61 Å². The summed E-state index contributed by atoms with van der Waals surface area (Å²) >= 11 is 0. The molecule has 0 bridgehead atoms. The average molecular weight is 251 g/mol. The van der Waals surface area contributed by atoms with E-state index in [0.29, 0.717) is 19.1 Å². The number of rotatable bonds is 5. The quantitative estimate of drug-likeness (QED) is 0.803. The Kier molecular flexibility index (Phi) is 3.84. The molecule has 0 aliphatic heterocycles. The second-order valence-electron chi connectivity index (χ2n) is 4.86. The fraction of sp³-hybridized carbons (Fsp3) is 0.500. The maximum Gasteiger partial charge on any atom is 0.225 e. The van der Waals surface area contributed by atoms with E-state index in [0.717, 1.165) is 6.42 Å². The number of hydrogen-bond donors (Lipinski definition) is 0. The Balaban J connectivity index is 1.75. The molecule has 0 heterocycles. The van der Waals surface area contributed by atoms with Gasteiger partial charge in [-0.2, -0.15) is 0 Å². The van der Waals surface area contributed by atoms with Gasteiger partial charge in [-0.1, -0.05) is 19.1 Å². The first-order valence-electron chi connectivity index (χ1n) is 6.22. The van der Waals surface area contributed by atoms with E-state index >= 15 is 0 Å². The fourth-order valence-corrected chi connectivity index (χ4v) is 1.91. The van der Waals surface area contributed by atoms with E-state index in [4.69, 9.17) is 4.74 Å². The molecule has 1 aliphatic carbocycles. The van der Waals surface area contributed by atoms with E-state index in [-0.39, 0.29) is 23.4 Å². The van der Waals surface area contributed by atoms with Gasteiger partial charge in [0.05, 0.1) is 6.54 Å². The van der Waals surface area contributed by atoms with E-state index in [1.54, 1.807) is 30.1 Å². The number of likely N-dealkylation sites (N-methyl/N-ethyl adjacent to an activating group) is 1. The number of ether oxygens (including phenoxy) is 1. The fourth-order valence-electron chi connectivity index (χ4n) is 1.91. The molecule has 0 aromatic heterocycles. The van der Waals surface area contributed by atoms with E-state index in [2.05, 4.69) is 6.92 Å². The number of hydrogen-bond acceptors (Lipinski definition) is 2. The van der Waals surface area contributed by atoms with Crippen LogP contribution >= 0.6 is 0 Å². The smallest absolute Gasteiger partial charge is 0.225 e. The Morgan fingerprint density at radius 1 is 1.50 bits per heavy atom. The predicted molar refractivity (Wildman–Crippen MR) is 66.8 cm³/mol.